The Hall–Kier alpha value is -0.570. The van der Waals surface area contributed by atoms with Crippen molar-refractivity contribution in [3.63, 3.8) is 0 Å². The first-order chi connectivity index (χ1) is 9.74. The molecule has 0 aromatic heterocycles. The van der Waals surface area contributed by atoms with E-state index < -0.39 is 0 Å². The monoisotopic (exact) mass is 278 g/mol. The maximum Gasteiger partial charge on any atom is 0.225 e. The first-order valence-electron chi connectivity index (χ1n) is 8.75. The Bertz CT molecular complexity index is 326. The molecule has 0 radical (unpaired) electrons. The molecule has 0 spiro atoms. The van der Waals surface area contributed by atoms with Crippen LogP contribution in [-0.2, 0) is 4.79 Å². The van der Waals surface area contributed by atoms with E-state index in [1.165, 1.54) is 38.5 Å². The van der Waals surface area contributed by atoms with Crippen LogP contribution in [-0.4, -0.2) is 36.5 Å². The SMILES string of the molecule is CC1CCC(C(=O)N(CC2CCNCC2)C2CC2)CC1. The molecule has 3 fully saturated rings. The van der Waals surface area contributed by atoms with Gasteiger partial charge in [-0.2, -0.15) is 0 Å². The van der Waals surface area contributed by atoms with Gasteiger partial charge in [0.05, 0.1) is 0 Å². The fourth-order valence-electron chi connectivity index (χ4n) is 3.89. The third kappa shape index (κ3) is 3.55. The summed E-state index contributed by atoms with van der Waals surface area (Å²) < 4.78 is 0. The summed E-state index contributed by atoms with van der Waals surface area (Å²) in [6.45, 7) is 5.64. The van der Waals surface area contributed by atoms with Crippen molar-refractivity contribution < 1.29 is 4.79 Å². The minimum absolute atomic E-state index is 0.341. The average Bonchev–Trinajstić information content (AvgIpc) is 3.30. The molecule has 114 valence electrons. The average molecular weight is 278 g/mol. The van der Waals surface area contributed by atoms with Crippen LogP contribution in [0.4, 0.5) is 0 Å². The van der Waals surface area contributed by atoms with E-state index in [2.05, 4.69) is 17.1 Å². The van der Waals surface area contributed by atoms with Gasteiger partial charge in [-0.15, -0.1) is 0 Å². The van der Waals surface area contributed by atoms with E-state index in [4.69, 9.17) is 0 Å². The maximum absolute atomic E-state index is 12.9. The highest BCUT2D eigenvalue weighted by molar-refractivity contribution is 5.79. The topological polar surface area (TPSA) is 32.3 Å². The molecule has 1 aliphatic heterocycles. The molecule has 1 amide bonds. The molecule has 20 heavy (non-hydrogen) atoms. The summed E-state index contributed by atoms with van der Waals surface area (Å²) in [4.78, 5) is 15.2. The number of rotatable bonds is 4. The zero-order valence-corrected chi connectivity index (χ0v) is 12.9. The van der Waals surface area contributed by atoms with E-state index >= 15 is 0 Å². The maximum atomic E-state index is 12.9. The second-order valence-corrected chi connectivity index (χ2v) is 7.37. The van der Waals surface area contributed by atoms with Crippen molar-refractivity contribution in [3.05, 3.63) is 0 Å². The molecule has 3 heteroatoms. The molecule has 0 aromatic carbocycles. The standard InChI is InChI=1S/C17H30N2O/c1-13-2-4-15(5-3-13)17(20)19(16-6-7-16)12-14-8-10-18-11-9-14/h13-16,18H,2-12H2,1H3. The summed E-state index contributed by atoms with van der Waals surface area (Å²) in [6, 6.07) is 0.594. The lowest BCUT2D eigenvalue weighted by Gasteiger charge is -2.34. The first-order valence-corrected chi connectivity index (χ1v) is 8.75. The number of piperidine rings is 1. The normalized spacial score (nSPS) is 32.0. The van der Waals surface area contributed by atoms with E-state index in [-0.39, 0.29) is 0 Å². The van der Waals surface area contributed by atoms with Gasteiger partial charge < -0.3 is 10.2 Å². The van der Waals surface area contributed by atoms with Gasteiger partial charge in [0, 0.05) is 18.5 Å². The van der Waals surface area contributed by atoms with Crippen molar-refractivity contribution in [2.45, 2.75) is 64.3 Å². The van der Waals surface area contributed by atoms with Crippen molar-refractivity contribution in [1.82, 2.24) is 10.2 Å². The van der Waals surface area contributed by atoms with Gasteiger partial charge in [0.1, 0.15) is 0 Å². The first kappa shape index (κ1) is 14.4. The van der Waals surface area contributed by atoms with E-state index in [9.17, 15) is 4.79 Å². The Morgan fingerprint density at radius 1 is 1.00 bits per heavy atom. The molecule has 2 saturated carbocycles. The highest BCUT2D eigenvalue weighted by Gasteiger charge is 2.37. The Labute approximate surface area is 123 Å². The van der Waals surface area contributed by atoms with Gasteiger partial charge in [0.25, 0.3) is 0 Å². The second kappa shape index (κ2) is 6.46. The van der Waals surface area contributed by atoms with Crippen LogP contribution in [0.25, 0.3) is 0 Å². The lowest BCUT2D eigenvalue weighted by molar-refractivity contribution is -0.138. The molecule has 3 rings (SSSR count). The molecular weight excluding hydrogens is 248 g/mol. The molecule has 0 aromatic rings. The number of hydrogen-bond acceptors (Lipinski definition) is 2. The van der Waals surface area contributed by atoms with E-state index in [0.717, 1.165) is 44.3 Å². The fraction of sp³-hybridized carbons (Fsp3) is 0.941. The van der Waals surface area contributed by atoms with Crippen LogP contribution in [0.5, 0.6) is 0 Å². The van der Waals surface area contributed by atoms with Gasteiger partial charge >= 0.3 is 0 Å². The number of nitrogens with zero attached hydrogens (tertiary/aromatic N) is 1. The summed E-state index contributed by atoms with van der Waals surface area (Å²) in [5.74, 6) is 2.41. The van der Waals surface area contributed by atoms with E-state index in [1.54, 1.807) is 0 Å². The summed E-state index contributed by atoms with van der Waals surface area (Å²) >= 11 is 0. The zero-order chi connectivity index (χ0) is 13.9. The smallest absolute Gasteiger partial charge is 0.225 e. The van der Waals surface area contributed by atoms with Crippen molar-refractivity contribution in [2.75, 3.05) is 19.6 Å². The molecule has 0 bridgehead atoms. The predicted molar refractivity (Wildman–Crippen MR) is 81.5 cm³/mol. The van der Waals surface area contributed by atoms with E-state index in [1.807, 2.05) is 0 Å². The molecule has 1 heterocycles. The largest absolute Gasteiger partial charge is 0.339 e. The third-order valence-electron chi connectivity index (χ3n) is 5.55. The summed E-state index contributed by atoms with van der Waals surface area (Å²) in [7, 11) is 0. The van der Waals surface area contributed by atoms with Gasteiger partial charge in [0.15, 0.2) is 0 Å². The molecular formula is C17H30N2O. The predicted octanol–water partition coefficient (Wildman–Crippen LogP) is 2.80. The zero-order valence-electron chi connectivity index (χ0n) is 12.9. The summed E-state index contributed by atoms with van der Waals surface area (Å²) in [5.41, 5.74) is 0. The van der Waals surface area contributed by atoms with Crippen LogP contribution in [0.1, 0.15) is 58.3 Å². The van der Waals surface area contributed by atoms with Crippen molar-refractivity contribution in [1.29, 1.82) is 0 Å². The number of carbonyl (C=O) groups excluding carboxylic acids is 1. The van der Waals surface area contributed by atoms with Gasteiger partial charge in [-0.25, -0.2) is 0 Å². The minimum Gasteiger partial charge on any atom is -0.339 e. The number of hydrogen-bond donors (Lipinski definition) is 1. The van der Waals surface area contributed by atoms with Gasteiger partial charge in [-0.1, -0.05) is 6.92 Å². The van der Waals surface area contributed by atoms with Gasteiger partial charge in [-0.05, 0) is 76.3 Å². The van der Waals surface area contributed by atoms with Crippen LogP contribution >= 0.6 is 0 Å². The lowest BCUT2D eigenvalue weighted by Crippen LogP contribution is -2.43. The van der Waals surface area contributed by atoms with E-state index in [0.29, 0.717) is 17.9 Å². The van der Waals surface area contributed by atoms with Gasteiger partial charge in [0.2, 0.25) is 5.91 Å². The van der Waals surface area contributed by atoms with Crippen molar-refractivity contribution in [3.8, 4) is 0 Å². The molecule has 3 aliphatic rings. The highest BCUT2D eigenvalue weighted by Crippen LogP contribution is 2.35. The molecule has 1 saturated heterocycles. The Balaban J connectivity index is 1.56. The summed E-state index contributed by atoms with van der Waals surface area (Å²) in [6.07, 6.45) is 9.77. The summed E-state index contributed by atoms with van der Waals surface area (Å²) in [5, 5.41) is 3.43. The third-order valence-corrected chi connectivity index (χ3v) is 5.55. The number of amides is 1. The molecule has 2 aliphatic carbocycles. The van der Waals surface area contributed by atoms with Crippen LogP contribution in [0.2, 0.25) is 0 Å². The quantitative estimate of drug-likeness (QED) is 0.857. The second-order valence-electron chi connectivity index (χ2n) is 7.37. The molecule has 3 nitrogen and oxygen atoms in total. The van der Waals surface area contributed by atoms with Crippen LogP contribution in [0, 0.1) is 17.8 Å². The van der Waals surface area contributed by atoms with Gasteiger partial charge in [-0.3, -0.25) is 4.79 Å². The fourth-order valence-corrected chi connectivity index (χ4v) is 3.89. The van der Waals surface area contributed by atoms with Crippen molar-refractivity contribution in [2.24, 2.45) is 17.8 Å². The molecule has 0 unspecified atom stereocenters. The van der Waals surface area contributed by atoms with Crippen molar-refractivity contribution >= 4 is 5.91 Å². The minimum atomic E-state index is 0.341. The highest BCUT2D eigenvalue weighted by atomic mass is 16.2. The lowest BCUT2D eigenvalue weighted by atomic mass is 9.82. The van der Waals surface area contributed by atoms with Crippen LogP contribution < -0.4 is 5.32 Å². The Morgan fingerprint density at radius 3 is 2.25 bits per heavy atom. The number of nitrogens with one attached hydrogen (secondary N) is 1. The van der Waals surface area contributed by atoms with Crippen LogP contribution in [0.15, 0.2) is 0 Å². The molecule has 1 N–H and O–H groups in total. The Morgan fingerprint density at radius 2 is 1.65 bits per heavy atom. The van der Waals surface area contributed by atoms with Crippen LogP contribution in [0.3, 0.4) is 0 Å². The molecule has 0 atom stereocenters. The Kier molecular flexibility index (Phi) is 4.65. The number of carbonyl (C=O) groups is 1.